The number of rotatable bonds is 5. The lowest BCUT2D eigenvalue weighted by atomic mass is 9.93. The molecule has 0 bridgehead atoms. The summed E-state index contributed by atoms with van der Waals surface area (Å²) in [5, 5.41) is 0. The summed E-state index contributed by atoms with van der Waals surface area (Å²) >= 11 is 0. The number of ketones is 1. The van der Waals surface area contributed by atoms with Crippen LogP contribution in [0.4, 0.5) is 0 Å². The molecule has 0 aliphatic heterocycles. The SMILES string of the molecule is Cc1ccc(C(=O)[C@@H](C)CCc2ccccc2)cc1. The molecule has 0 saturated heterocycles. The normalized spacial score (nSPS) is 12.1. The second-order valence-electron chi connectivity index (χ2n) is 5.16. The Morgan fingerprint density at radius 3 is 2.26 bits per heavy atom. The summed E-state index contributed by atoms with van der Waals surface area (Å²) in [4.78, 5) is 12.3. The lowest BCUT2D eigenvalue weighted by Crippen LogP contribution is -2.12. The smallest absolute Gasteiger partial charge is 0.165 e. The quantitative estimate of drug-likeness (QED) is 0.719. The molecule has 2 rings (SSSR count). The highest BCUT2D eigenvalue weighted by molar-refractivity contribution is 5.97. The Morgan fingerprint density at radius 2 is 1.63 bits per heavy atom. The van der Waals surface area contributed by atoms with Crippen molar-refractivity contribution in [1.82, 2.24) is 0 Å². The minimum atomic E-state index is 0.0721. The molecule has 0 radical (unpaired) electrons. The van der Waals surface area contributed by atoms with Gasteiger partial charge in [-0.15, -0.1) is 0 Å². The molecule has 2 aromatic rings. The van der Waals surface area contributed by atoms with Gasteiger partial charge >= 0.3 is 0 Å². The summed E-state index contributed by atoms with van der Waals surface area (Å²) in [5.74, 6) is 0.318. The van der Waals surface area contributed by atoms with Crippen molar-refractivity contribution in [3.63, 3.8) is 0 Å². The van der Waals surface area contributed by atoms with E-state index in [2.05, 4.69) is 12.1 Å². The van der Waals surface area contributed by atoms with E-state index in [-0.39, 0.29) is 11.7 Å². The highest BCUT2D eigenvalue weighted by atomic mass is 16.1. The van der Waals surface area contributed by atoms with Crippen LogP contribution in [-0.4, -0.2) is 5.78 Å². The number of hydrogen-bond donors (Lipinski definition) is 0. The van der Waals surface area contributed by atoms with E-state index >= 15 is 0 Å². The molecule has 0 aliphatic rings. The molecule has 1 atom stereocenters. The molecular weight excluding hydrogens is 232 g/mol. The summed E-state index contributed by atoms with van der Waals surface area (Å²) < 4.78 is 0. The van der Waals surface area contributed by atoms with Crippen molar-refractivity contribution in [2.75, 3.05) is 0 Å². The van der Waals surface area contributed by atoms with Crippen molar-refractivity contribution in [3.8, 4) is 0 Å². The molecule has 0 amide bonds. The molecule has 0 spiro atoms. The van der Waals surface area contributed by atoms with Crippen LogP contribution < -0.4 is 0 Å². The summed E-state index contributed by atoms with van der Waals surface area (Å²) in [6.45, 7) is 4.05. The first-order valence-electron chi connectivity index (χ1n) is 6.81. The summed E-state index contributed by atoms with van der Waals surface area (Å²) in [6.07, 6.45) is 1.86. The van der Waals surface area contributed by atoms with Crippen LogP contribution in [0, 0.1) is 12.8 Å². The van der Waals surface area contributed by atoms with Gasteiger partial charge in [0.2, 0.25) is 0 Å². The first kappa shape index (κ1) is 13.5. The van der Waals surface area contributed by atoms with Crippen molar-refractivity contribution >= 4 is 5.78 Å². The first-order valence-corrected chi connectivity index (χ1v) is 6.81. The Labute approximate surface area is 115 Å². The average molecular weight is 252 g/mol. The molecule has 0 heterocycles. The van der Waals surface area contributed by atoms with E-state index in [1.165, 1.54) is 11.1 Å². The van der Waals surface area contributed by atoms with E-state index in [9.17, 15) is 4.79 Å². The van der Waals surface area contributed by atoms with E-state index in [1.54, 1.807) is 0 Å². The second kappa shape index (κ2) is 6.33. The molecule has 2 aromatic carbocycles. The van der Waals surface area contributed by atoms with Crippen LogP contribution in [-0.2, 0) is 6.42 Å². The van der Waals surface area contributed by atoms with Gasteiger partial charge in [-0.3, -0.25) is 4.79 Å². The molecule has 0 N–H and O–H groups in total. The Morgan fingerprint density at radius 1 is 1.00 bits per heavy atom. The molecule has 0 saturated carbocycles. The monoisotopic (exact) mass is 252 g/mol. The zero-order chi connectivity index (χ0) is 13.7. The summed E-state index contributed by atoms with van der Waals surface area (Å²) in [6, 6.07) is 18.2. The van der Waals surface area contributed by atoms with Crippen LogP contribution in [0.1, 0.15) is 34.8 Å². The van der Waals surface area contributed by atoms with Crippen LogP contribution in [0.25, 0.3) is 0 Å². The standard InChI is InChI=1S/C18H20O/c1-14-8-12-17(13-9-14)18(19)15(2)10-11-16-6-4-3-5-7-16/h3-9,12-13,15H,10-11H2,1-2H3/t15-/m0/s1. The Kier molecular flexibility index (Phi) is 4.51. The van der Waals surface area contributed by atoms with Gasteiger partial charge in [0.1, 0.15) is 0 Å². The Balaban J connectivity index is 1.94. The zero-order valence-electron chi connectivity index (χ0n) is 11.6. The second-order valence-corrected chi connectivity index (χ2v) is 5.16. The highest BCUT2D eigenvalue weighted by Crippen LogP contribution is 2.15. The lowest BCUT2D eigenvalue weighted by molar-refractivity contribution is 0.0924. The van der Waals surface area contributed by atoms with Gasteiger partial charge in [0.25, 0.3) is 0 Å². The Bertz CT molecular complexity index is 525. The van der Waals surface area contributed by atoms with Crippen LogP contribution in [0.3, 0.4) is 0 Å². The van der Waals surface area contributed by atoms with Gasteiger partial charge in [-0.25, -0.2) is 0 Å². The fourth-order valence-corrected chi connectivity index (χ4v) is 2.16. The molecule has 0 unspecified atom stereocenters. The highest BCUT2D eigenvalue weighted by Gasteiger charge is 2.14. The summed E-state index contributed by atoms with van der Waals surface area (Å²) in [5.41, 5.74) is 3.31. The minimum Gasteiger partial charge on any atom is -0.294 e. The number of hydrogen-bond acceptors (Lipinski definition) is 1. The number of aryl methyl sites for hydroxylation is 2. The van der Waals surface area contributed by atoms with Crippen molar-refractivity contribution in [3.05, 3.63) is 71.3 Å². The molecule has 0 fully saturated rings. The van der Waals surface area contributed by atoms with Gasteiger partial charge in [-0.1, -0.05) is 67.1 Å². The van der Waals surface area contributed by atoms with E-state index in [1.807, 2.05) is 56.3 Å². The molecule has 19 heavy (non-hydrogen) atoms. The van der Waals surface area contributed by atoms with Crippen molar-refractivity contribution in [2.24, 2.45) is 5.92 Å². The topological polar surface area (TPSA) is 17.1 Å². The van der Waals surface area contributed by atoms with Gasteiger partial charge < -0.3 is 0 Å². The molecular formula is C18H20O. The van der Waals surface area contributed by atoms with Gasteiger partial charge in [0.05, 0.1) is 0 Å². The predicted molar refractivity (Wildman–Crippen MR) is 79.4 cm³/mol. The largest absolute Gasteiger partial charge is 0.294 e. The minimum absolute atomic E-state index is 0.0721. The van der Waals surface area contributed by atoms with Crippen LogP contribution in [0.5, 0.6) is 0 Å². The molecule has 98 valence electrons. The van der Waals surface area contributed by atoms with Gasteiger partial charge in [0.15, 0.2) is 5.78 Å². The number of carbonyl (C=O) groups excluding carboxylic acids is 1. The molecule has 1 nitrogen and oxygen atoms in total. The van der Waals surface area contributed by atoms with E-state index in [0.29, 0.717) is 0 Å². The van der Waals surface area contributed by atoms with E-state index in [0.717, 1.165) is 18.4 Å². The van der Waals surface area contributed by atoms with Gasteiger partial charge in [0, 0.05) is 11.5 Å². The third kappa shape index (κ3) is 3.78. The van der Waals surface area contributed by atoms with Crippen LogP contribution in [0.15, 0.2) is 54.6 Å². The number of benzene rings is 2. The zero-order valence-corrected chi connectivity index (χ0v) is 11.6. The van der Waals surface area contributed by atoms with Crippen molar-refractivity contribution < 1.29 is 4.79 Å². The third-order valence-corrected chi connectivity index (χ3v) is 3.49. The summed E-state index contributed by atoms with van der Waals surface area (Å²) in [7, 11) is 0. The van der Waals surface area contributed by atoms with E-state index in [4.69, 9.17) is 0 Å². The number of Topliss-reactive ketones (excluding diaryl/α,β-unsaturated/α-hetero) is 1. The van der Waals surface area contributed by atoms with Crippen LogP contribution in [0.2, 0.25) is 0 Å². The first-order chi connectivity index (χ1) is 9.16. The van der Waals surface area contributed by atoms with E-state index < -0.39 is 0 Å². The van der Waals surface area contributed by atoms with Crippen molar-refractivity contribution in [2.45, 2.75) is 26.7 Å². The maximum absolute atomic E-state index is 12.3. The molecule has 0 aromatic heterocycles. The maximum Gasteiger partial charge on any atom is 0.165 e. The molecule has 0 aliphatic carbocycles. The van der Waals surface area contributed by atoms with Gasteiger partial charge in [-0.05, 0) is 25.3 Å². The van der Waals surface area contributed by atoms with Gasteiger partial charge in [-0.2, -0.15) is 0 Å². The Hall–Kier alpha value is -1.89. The fourth-order valence-electron chi connectivity index (χ4n) is 2.16. The predicted octanol–water partition coefficient (Wildman–Crippen LogP) is 4.45. The third-order valence-electron chi connectivity index (χ3n) is 3.49. The number of carbonyl (C=O) groups is 1. The fraction of sp³-hybridized carbons (Fsp3) is 0.278. The molecule has 1 heteroatoms. The average Bonchev–Trinajstić information content (AvgIpc) is 2.46. The lowest BCUT2D eigenvalue weighted by Gasteiger charge is -2.10. The van der Waals surface area contributed by atoms with Crippen molar-refractivity contribution in [1.29, 1.82) is 0 Å². The maximum atomic E-state index is 12.3. The van der Waals surface area contributed by atoms with Crippen LogP contribution >= 0.6 is 0 Å².